The molecule has 22 heavy (non-hydrogen) atoms. The molecular formula is C18H18N2OSi. The van der Waals surface area contributed by atoms with E-state index in [1.54, 1.807) is 6.20 Å². The van der Waals surface area contributed by atoms with Crippen LogP contribution in [0.4, 0.5) is 0 Å². The van der Waals surface area contributed by atoms with E-state index in [0.717, 1.165) is 22.2 Å². The zero-order valence-corrected chi connectivity index (χ0v) is 14.0. The van der Waals surface area contributed by atoms with Gasteiger partial charge in [-0.1, -0.05) is 49.1 Å². The van der Waals surface area contributed by atoms with Gasteiger partial charge in [0.2, 0.25) is 0 Å². The summed E-state index contributed by atoms with van der Waals surface area (Å²) in [5.41, 5.74) is 2.84. The van der Waals surface area contributed by atoms with Crippen molar-refractivity contribution in [2.24, 2.45) is 0 Å². The molecule has 4 rings (SSSR count). The molecule has 0 fully saturated rings. The fourth-order valence-electron chi connectivity index (χ4n) is 2.84. The van der Waals surface area contributed by atoms with Gasteiger partial charge in [0.1, 0.15) is 11.3 Å². The number of benzene rings is 2. The maximum atomic E-state index is 6.20. The van der Waals surface area contributed by atoms with Gasteiger partial charge in [0, 0.05) is 23.2 Å². The van der Waals surface area contributed by atoms with Crippen molar-refractivity contribution in [2.75, 3.05) is 0 Å². The first kappa shape index (κ1) is 13.3. The molecule has 0 aliphatic rings. The van der Waals surface area contributed by atoms with Gasteiger partial charge in [-0.15, -0.1) is 0 Å². The quantitative estimate of drug-likeness (QED) is 0.516. The highest BCUT2D eigenvalue weighted by molar-refractivity contribution is 6.88. The van der Waals surface area contributed by atoms with E-state index in [2.05, 4.69) is 55.1 Å². The predicted molar refractivity (Wildman–Crippen MR) is 93.8 cm³/mol. The van der Waals surface area contributed by atoms with E-state index < -0.39 is 8.07 Å². The van der Waals surface area contributed by atoms with Gasteiger partial charge >= 0.3 is 0 Å². The lowest BCUT2D eigenvalue weighted by Crippen LogP contribution is -2.37. The Morgan fingerprint density at radius 3 is 2.59 bits per heavy atom. The Hall–Kier alpha value is -2.33. The van der Waals surface area contributed by atoms with Crippen LogP contribution in [0.3, 0.4) is 0 Å². The first-order chi connectivity index (χ1) is 10.5. The molecule has 0 aliphatic heterocycles. The summed E-state index contributed by atoms with van der Waals surface area (Å²) in [6.45, 7) is 7.06. The summed E-state index contributed by atoms with van der Waals surface area (Å²) in [6.07, 6.45) is 3.72. The number of hydrogen-bond donors (Lipinski definition) is 0. The first-order valence-corrected chi connectivity index (χ1v) is 11.0. The average Bonchev–Trinajstić information content (AvgIpc) is 3.12. The average molecular weight is 306 g/mol. The summed E-state index contributed by atoms with van der Waals surface area (Å²) in [5, 5.41) is 8.06. The van der Waals surface area contributed by atoms with Gasteiger partial charge in [0.25, 0.3) is 0 Å². The summed E-state index contributed by atoms with van der Waals surface area (Å²) < 4.78 is 8.06. The number of aromatic nitrogens is 2. The standard InChI is InChI=1S/C18H18N2OSi/c1-22(2,3)13-8-9-14-15-6-4-7-16(20-11-5-10-19-20)18(15)21-17(14)12-13/h4-12H,1-3H3. The second kappa shape index (κ2) is 4.58. The van der Waals surface area contributed by atoms with Gasteiger partial charge in [-0.25, -0.2) is 4.68 Å². The molecule has 0 amide bonds. The molecule has 0 aliphatic carbocycles. The van der Waals surface area contributed by atoms with Gasteiger partial charge in [0.05, 0.1) is 8.07 Å². The molecule has 0 saturated carbocycles. The van der Waals surface area contributed by atoms with Crippen LogP contribution in [0, 0.1) is 0 Å². The summed E-state index contributed by atoms with van der Waals surface area (Å²) in [6, 6.07) is 14.8. The summed E-state index contributed by atoms with van der Waals surface area (Å²) >= 11 is 0. The highest BCUT2D eigenvalue weighted by Gasteiger charge is 2.19. The van der Waals surface area contributed by atoms with Crippen molar-refractivity contribution in [3.63, 3.8) is 0 Å². The minimum atomic E-state index is -1.34. The van der Waals surface area contributed by atoms with Crippen LogP contribution in [0.25, 0.3) is 27.6 Å². The van der Waals surface area contributed by atoms with Crippen molar-refractivity contribution in [3.8, 4) is 5.69 Å². The van der Waals surface area contributed by atoms with E-state index in [9.17, 15) is 0 Å². The van der Waals surface area contributed by atoms with Crippen LogP contribution in [0.15, 0.2) is 59.3 Å². The van der Waals surface area contributed by atoms with Crippen molar-refractivity contribution >= 4 is 35.2 Å². The topological polar surface area (TPSA) is 31.0 Å². The lowest BCUT2D eigenvalue weighted by atomic mass is 10.1. The SMILES string of the molecule is C[Si](C)(C)c1ccc2c(c1)oc1c(-n3cccn3)cccc12. The van der Waals surface area contributed by atoms with Crippen LogP contribution in [0.5, 0.6) is 0 Å². The Morgan fingerprint density at radius 2 is 1.86 bits per heavy atom. The third-order valence-electron chi connectivity index (χ3n) is 4.10. The van der Waals surface area contributed by atoms with Crippen LogP contribution >= 0.6 is 0 Å². The largest absolute Gasteiger partial charge is 0.454 e. The molecule has 0 saturated heterocycles. The maximum Gasteiger partial charge on any atom is 0.161 e. The Labute approximate surface area is 130 Å². The van der Waals surface area contributed by atoms with Crippen LogP contribution < -0.4 is 5.19 Å². The number of furan rings is 1. The Kier molecular flexibility index (Phi) is 2.78. The predicted octanol–water partition coefficient (Wildman–Crippen LogP) is 4.32. The Balaban J connectivity index is 2.03. The molecule has 0 atom stereocenters. The molecular weight excluding hydrogens is 288 g/mol. The molecule has 2 aromatic heterocycles. The van der Waals surface area contributed by atoms with Crippen LogP contribution in [-0.2, 0) is 0 Å². The highest BCUT2D eigenvalue weighted by Crippen LogP contribution is 2.32. The van der Waals surface area contributed by atoms with Gasteiger partial charge in [-0.3, -0.25) is 0 Å². The molecule has 3 nitrogen and oxygen atoms in total. The second-order valence-electron chi connectivity index (χ2n) is 6.67. The fourth-order valence-corrected chi connectivity index (χ4v) is 3.99. The van der Waals surface area contributed by atoms with Gasteiger partial charge in [-0.05, 0) is 18.2 Å². The summed E-state index contributed by atoms with van der Waals surface area (Å²) in [7, 11) is -1.34. The zero-order valence-electron chi connectivity index (χ0n) is 13.0. The number of rotatable bonds is 2. The van der Waals surface area contributed by atoms with E-state index in [1.165, 1.54) is 10.6 Å². The van der Waals surface area contributed by atoms with Crippen LogP contribution in [0.2, 0.25) is 19.6 Å². The van der Waals surface area contributed by atoms with Crippen LogP contribution in [0.1, 0.15) is 0 Å². The molecule has 0 N–H and O–H groups in total. The van der Waals surface area contributed by atoms with Crippen LogP contribution in [-0.4, -0.2) is 17.9 Å². The maximum absolute atomic E-state index is 6.20. The summed E-state index contributed by atoms with van der Waals surface area (Å²) in [4.78, 5) is 0. The number of para-hydroxylation sites is 1. The molecule has 0 bridgehead atoms. The smallest absolute Gasteiger partial charge is 0.161 e. The molecule has 4 aromatic rings. The zero-order chi connectivity index (χ0) is 15.3. The van der Waals surface area contributed by atoms with Crippen molar-refractivity contribution in [3.05, 3.63) is 54.9 Å². The second-order valence-corrected chi connectivity index (χ2v) is 11.7. The molecule has 2 heterocycles. The minimum absolute atomic E-state index is 0.897. The van der Waals surface area contributed by atoms with Gasteiger partial charge in [0.15, 0.2) is 5.58 Å². The van der Waals surface area contributed by atoms with E-state index in [1.807, 2.05) is 23.0 Å². The third-order valence-corrected chi connectivity index (χ3v) is 6.14. The molecule has 0 radical (unpaired) electrons. The number of hydrogen-bond acceptors (Lipinski definition) is 2. The van der Waals surface area contributed by atoms with Crippen molar-refractivity contribution in [1.29, 1.82) is 0 Å². The Morgan fingerprint density at radius 1 is 1.00 bits per heavy atom. The van der Waals surface area contributed by atoms with Gasteiger partial charge in [-0.2, -0.15) is 5.10 Å². The molecule has 0 spiro atoms. The fraction of sp³-hybridized carbons (Fsp3) is 0.167. The van der Waals surface area contributed by atoms with Crippen molar-refractivity contribution in [2.45, 2.75) is 19.6 Å². The lowest BCUT2D eigenvalue weighted by molar-refractivity contribution is 0.662. The van der Waals surface area contributed by atoms with E-state index in [-0.39, 0.29) is 0 Å². The third kappa shape index (κ3) is 1.99. The van der Waals surface area contributed by atoms with E-state index in [4.69, 9.17) is 4.42 Å². The summed E-state index contributed by atoms with van der Waals surface area (Å²) in [5.74, 6) is 0. The normalized spacial score (nSPS) is 12.3. The first-order valence-electron chi connectivity index (χ1n) is 7.50. The highest BCUT2D eigenvalue weighted by atomic mass is 28.3. The monoisotopic (exact) mass is 306 g/mol. The van der Waals surface area contributed by atoms with E-state index in [0.29, 0.717) is 0 Å². The molecule has 4 heteroatoms. The van der Waals surface area contributed by atoms with Crippen molar-refractivity contribution < 1.29 is 4.42 Å². The number of nitrogens with zero attached hydrogens (tertiary/aromatic N) is 2. The molecule has 2 aromatic carbocycles. The van der Waals surface area contributed by atoms with E-state index >= 15 is 0 Å². The van der Waals surface area contributed by atoms with Gasteiger partial charge < -0.3 is 4.42 Å². The van der Waals surface area contributed by atoms with Crippen molar-refractivity contribution in [1.82, 2.24) is 9.78 Å². The lowest BCUT2D eigenvalue weighted by Gasteiger charge is -2.15. The minimum Gasteiger partial charge on any atom is -0.454 e. The number of fused-ring (bicyclic) bond motifs is 3. The Bertz CT molecular complexity index is 962. The molecule has 0 unspecified atom stereocenters. The molecule has 110 valence electrons.